The molecule has 1 aliphatic rings. The van der Waals surface area contributed by atoms with E-state index in [1.807, 2.05) is 0 Å². The zero-order valence-electron chi connectivity index (χ0n) is 15.8. The standard InChI is InChI=1S/C16H19N5O7S/c1-6(22)25-4-9-11(26-7(2)23)12(27-8(3)24)15(28-9)21-5-18-10-13(21)19-16(17)20-14(10)29/h5,9,11-12,15H,4H2,1-3H3,(H3,17,19,20,29)/t9-,11-,12-,15+/m0/s1. The Hall–Kier alpha value is -3.06. The first-order valence-electron chi connectivity index (χ1n) is 8.53. The Morgan fingerprint density at radius 3 is 2.48 bits per heavy atom. The molecule has 2 aromatic heterocycles. The highest BCUT2D eigenvalue weighted by molar-refractivity contribution is 7.71. The molecule has 1 aliphatic heterocycles. The van der Waals surface area contributed by atoms with Crippen LogP contribution in [0.1, 0.15) is 27.0 Å². The smallest absolute Gasteiger partial charge is 0.303 e. The van der Waals surface area contributed by atoms with Crippen LogP contribution >= 0.6 is 12.2 Å². The van der Waals surface area contributed by atoms with E-state index in [9.17, 15) is 14.4 Å². The highest BCUT2D eigenvalue weighted by atomic mass is 32.1. The molecule has 0 radical (unpaired) electrons. The lowest BCUT2D eigenvalue weighted by Crippen LogP contribution is -2.40. The Kier molecular flexibility index (Phi) is 5.79. The summed E-state index contributed by atoms with van der Waals surface area (Å²) in [7, 11) is 0. The molecule has 0 spiro atoms. The summed E-state index contributed by atoms with van der Waals surface area (Å²) in [5, 5.41) is 0. The summed E-state index contributed by atoms with van der Waals surface area (Å²) >= 11 is 5.16. The molecule has 3 N–H and O–H groups in total. The topological polar surface area (TPSA) is 161 Å². The minimum atomic E-state index is -1.05. The average Bonchev–Trinajstić information content (AvgIpc) is 3.15. The van der Waals surface area contributed by atoms with Crippen LogP contribution in [0.5, 0.6) is 0 Å². The van der Waals surface area contributed by atoms with Gasteiger partial charge in [-0.2, -0.15) is 0 Å². The van der Waals surface area contributed by atoms with Crippen LogP contribution in [0.15, 0.2) is 6.33 Å². The van der Waals surface area contributed by atoms with E-state index in [1.54, 1.807) is 0 Å². The van der Waals surface area contributed by atoms with Gasteiger partial charge in [0.1, 0.15) is 23.9 Å². The van der Waals surface area contributed by atoms with Crippen LogP contribution in [0.4, 0.5) is 5.95 Å². The van der Waals surface area contributed by atoms with Crippen LogP contribution in [-0.2, 0) is 33.3 Å². The number of fused-ring (bicyclic) bond motifs is 1. The molecule has 1 fully saturated rings. The molecule has 4 atom stereocenters. The van der Waals surface area contributed by atoms with E-state index in [0.29, 0.717) is 11.2 Å². The van der Waals surface area contributed by atoms with Crippen molar-refractivity contribution >= 4 is 47.2 Å². The van der Waals surface area contributed by atoms with Crippen molar-refractivity contribution in [3.05, 3.63) is 11.0 Å². The highest BCUT2D eigenvalue weighted by Gasteiger charge is 2.51. The maximum Gasteiger partial charge on any atom is 0.303 e. The van der Waals surface area contributed by atoms with Crippen LogP contribution in [0.2, 0.25) is 0 Å². The molecule has 0 saturated carbocycles. The second kappa shape index (κ2) is 8.13. The van der Waals surface area contributed by atoms with Crippen molar-refractivity contribution in [3.8, 4) is 0 Å². The van der Waals surface area contributed by atoms with Gasteiger partial charge >= 0.3 is 17.9 Å². The number of carbonyl (C=O) groups excluding carboxylic acids is 3. The maximum atomic E-state index is 11.7. The van der Waals surface area contributed by atoms with Crippen LogP contribution in [0, 0.1) is 4.64 Å². The molecular formula is C16H19N5O7S. The number of esters is 3. The molecule has 2 aromatic rings. The van der Waals surface area contributed by atoms with Crippen LogP contribution in [-0.4, -0.2) is 62.3 Å². The SMILES string of the molecule is CC(=O)OC[C@@H]1O[C@@H](n2cnc3c(=S)nc(N)[nH]c32)[C@@H](OC(C)=O)[C@H]1OC(C)=O. The summed E-state index contributed by atoms with van der Waals surface area (Å²) < 4.78 is 23.3. The van der Waals surface area contributed by atoms with Crippen molar-refractivity contribution in [3.63, 3.8) is 0 Å². The number of nitrogens with one attached hydrogen (secondary N) is 1. The first-order valence-corrected chi connectivity index (χ1v) is 8.93. The molecule has 0 amide bonds. The summed E-state index contributed by atoms with van der Waals surface area (Å²) in [6.07, 6.45) is -2.54. The predicted molar refractivity (Wildman–Crippen MR) is 98.8 cm³/mol. The molecule has 3 heterocycles. The lowest BCUT2D eigenvalue weighted by atomic mass is 10.1. The third-order valence-corrected chi connectivity index (χ3v) is 4.36. The van der Waals surface area contributed by atoms with E-state index in [2.05, 4.69) is 15.0 Å². The number of anilines is 1. The van der Waals surface area contributed by atoms with Crippen LogP contribution in [0.3, 0.4) is 0 Å². The van der Waals surface area contributed by atoms with Gasteiger partial charge in [-0.15, -0.1) is 0 Å². The van der Waals surface area contributed by atoms with Gasteiger partial charge in [0.05, 0.1) is 6.33 Å². The Bertz CT molecular complexity index is 1020. The Morgan fingerprint density at radius 1 is 1.21 bits per heavy atom. The number of aromatic amines is 1. The number of ether oxygens (including phenoxy) is 4. The molecule has 156 valence electrons. The zero-order chi connectivity index (χ0) is 21.3. The van der Waals surface area contributed by atoms with Crippen LogP contribution in [0.25, 0.3) is 11.2 Å². The largest absolute Gasteiger partial charge is 0.463 e. The predicted octanol–water partition coefficient (Wildman–Crippen LogP) is 0.395. The van der Waals surface area contributed by atoms with Gasteiger partial charge in [0.25, 0.3) is 0 Å². The van der Waals surface area contributed by atoms with E-state index in [-0.39, 0.29) is 17.2 Å². The van der Waals surface area contributed by atoms with E-state index < -0.39 is 42.4 Å². The van der Waals surface area contributed by atoms with Gasteiger partial charge in [0.2, 0.25) is 0 Å². The Morgan fingerprint density at radius 2 is 1.86 bits per heavy atom. The van der Waals surface area contributed by atoms with Gasteiger partial charge < -0.3 is 29.7 Å². The number of nitrogens with zero attached hydrogens (tertiary/aromatic N) is 3. The molecule has 12 nitrogen and oxygen atoms in total. The fourth-order valence-corrected chi connectivity index (χ4v) is 3.31. The third-order valence-electron chi connectivity index (χ3n) is 4.08. The normalized spacial score (nSPS) is 23.7. The molecule has 1 saturated heterocycles. The van der Waals surface area contributed by atoms with Crippen molar-refractivity contribution in [2.24, 2.45) is 0 Å². The van der Waals surface area contributed by atoms with E-state index in [0.717, 1.165) is 0 Å². The number of rotatable bonds is 5. The molecule has 3 rings (SSSR count). The molecule has 29 heavy (non-hydrogen) atoms. The van der Waals surface area contributed by atoms with Gasteiger partial charge in [-0.1, -0.05) is 12.2 Å². The first-order chi connectivity index (χ1) is 13.7. The van der Waals surface area contributed by atoms with Crippen molar-refractivity contribution in [1.82, 2.24) is 19.5 Å². The Labute approximate surface area is 169 Å². The van der Waals surface area contributed by atoms with Gasteiger partial charge in [-0.3, -0.25) is 19.0 Å². The lowest BCUT2D eigenvalue weighted by Gasteiger charge is -2.23. The summed E-state index contributed by atoms with van der Waals surface area (Å²) in [5.74, 6) is -1.72. The van der Waals surface area contributed by atoms with Crippen molar-refractivity contribution < 1.29 is 33.3 Å². The summed E-state index contributed by atoms with van der Waals surface area (Å²) in [6.45, 7) is 3.43. The van der Waals surface area contributed by atoms with E-state index >= 15 is 0 Å². The van der Waals surface area contributed by atoms with Crippen molar-refractivity contribution in [1.29, 1.82) is 0 Å². The number of hydrogen-bond donors (Lipinski definition) is 2. The van der Waals surface area contributed by atoms with Gasteiger partial charge in [-0.05, 0) is 0 Å². The highest BCUT2D eigenvalue weighted by Crippen LogP contribution is 2.36. The minimum Gasteiger partial charge on any atom is -0.463 e. The monoisotopic (exact) mass is 425 g/mol. The van der Waals surface area contributed by atoms with Gasteiger partial charge in [0.15, 0.2) is 29.0 Å². The molecule has 0 aliphatic carbocycles. The van der Waals surface area contributed by atoms with Crippen molar-refractivity contribution in [2.75, 3.05) is 12.3 Å². The number of imidazole rings is 1. The van der Waals surface area contributed by atoms with Gasteiger partial charge in [-0.25, -0.2) is 9.97 Å². The van der Waals surface area contributed by atoms with E-state index in [4.69, 9.17) is 36.9 Å². The number of nitrogen functional groups attached to an aromatic ring is 1. The molecular weight excluding hydrogens is 406 g/mol. The number of aromatic nitrogens is 4. The first kappa shape index (κ1) is 20.7. The van der Waals surface area contributed by atoms with E-state index in [1.165, 1.54) is 31.7 Å². The lowest BCUT2D eigenvalue weighted by molar-refractivity contribution is -0.166. The number of H-pyrrole nitrogens is 1. The third kappa shape index (κ3) is 4.35. The summed E-state index contributed by atoms with van der Waals surface area (Å²) in [4.78, 5) is 45.5. The maximum absolute atomic E-state index is 11.7. The zero-order valence-corrected chi connectivity index (χ0v) is 16.6. The fraction of sp³-hybridized carbons (Fsp3) is 0.500. The number of carbonyl (C=O) groups is 3. The number of nitrogens with two attached hydrogens (primary N) is 1. The van der Waals surface area contributed by atoms with Crippen molar-refractivity contribution in [2.45, 2.75) is 45.3 Å². The van der Waals surface area contributed by atoms with Gasteiger partial charge in [0, 0.05) is 20.8 Å². The van der Waals surface area contributed by atoms with Crippen LogP contribution < -0.4 is 5.73 Å². The second-order valence-electron chi connectivity index (χ2n) is 6.29. The second-order valence-corrected chi connectivity index (χ2v) is 6.68. The summed E-state index contributed by atoms with van der Waals surface area (Å²) in [5.41, 5.74) is 6.47. The average molecular weight is 425 g/mol. The summed E-state index contributed by atoms with van der Waals surface area (Å²) in [6, 6.07) is 0. The molecule has 13 heteroatoms. The number of hydrogen-bond acceptors (Lipinski definition) is 11. The molecule has 0 aromatic carbocycles. The minimum absolute atomic E-state index is 0.0549. The fourth-order valence-electron chi connectivity index (χ4n) is 3.06. The molecule has 0 unspecified atom stereocenters. The quantitative estimate of drug-likeness (QED) is 0.387. The Balaban J connectivity index is 2.05. The molecule has 0 bridgehead atoms.